The summed E-state index contributed by atoms with van der Waals surface area (Å²) in [6.07, 6.45) is 18.8. The maximum absolute atomic E-state index is 12.6. The zero-order valence-corrected chi connectivity index (χ0v) is 42.4. The van der Waals surface area contributed by atoms with E-state index in [0.29, 0.717) is 72.7 Å². The molecular formula is C57H81NO7S. The Morgan fingerprint density at radius 1 is 0.970 bits per heavy atom. The number of ether oxygens (including phenoxy) is 3. The van der Waals surface area contributed by atoms with Gasteiger partial charge >= 0.3 is 5.97 Å². The van der Waals surface area contributed by atoms with Crippen molar-refractivity contribution in [3.05, 3.63) is 52.6 Å². The highest BCUT2D eigenvalue weighted by Gasteiger charge is 2.67. The van der Waals surface area contributed by atoms with Gasteiger partial charge in [0.15, 0.2) is 5.78 Å². The van der Waals surface area contributed by atoms with E-state index < -0.39 is 5.60 Å². The molecule has 0 aromatic heterocycles. The molecule has 9 rings (SSSR count). The predicted octanol–water partition coefficient (Wildman–Crippen LogP) is 10.7. The second-order valence-corrected chi connectivity index (χ2v) is 24.1. The molecule has 9 heteroatoms. The molecule has 1 aromatic rings. The fraction of sp³-hybridized carbons (Fsp3) is 0.754. The highest BCUT2D eigenvalue weighted by molar-refractivity contribution is 7.98. The summed E-state index contributed by atoms with van der Waals surface area (Å²) in [7, 11) is 3.65. The van der Waals surface area contributed by atoms with Crippen molar-refractivity contribution in [1.29, 1.82) is 0 Å². The number of hydrogen-bond acceptors (Lipinski definition) is 9. The van der Waals surface area contributed by atoms with Crippen LogP contribution >= 0.6 is 11.8 Å². The van der Waals surface area contributed by atoms with E-state index in [1.807, 2.05) is 13.0 Å². The van der Waals surface area contributed by atoms with Crippen molar-refractivity contribution in [3.8, 4) is 11.8 Å². The Hall–Kier alpha value is -2.61. The highest BCUT2D eigenvalue weighted by atomic mass is 32.2. The largest absolute Gasteiger partial charge is 0.469 e. The molecule has 0 bridgehead atoms. The Bertz CT molecular complexity index is 2110. The number of carbonyl (C=O) groups excluding carboxylic acids is 2. The van der Waals surface area contributed by atoms with E-state index in [2.05, 4.69) is 82.0 Å². The van der Waals surface area contributed by atoms with Gasteiger partial charge in [-0.3, -0.25) is 9.59 Å². The minimum Gasteiger partial charge on any atom is -0.469 e. The van der Waals surface area contributed by atoms with Crippen LogP contribution in [0.1, 0.15) is 149 Å². The summed E-state index contributed by atoms with van der Waals surface area (Å²) in [6, 6.07) is 9.21. The number of methoxy groups -OCH3 is 1. The lowest BCUT2D eigenvalue weighted by atomic mass is 9.43. The number of likely N-dealkylation sites (N-methyl/N-ethyl adjacent to an activating group) is 1. The van der Waals surface area contributed by atoms with Gasteiger partial charge in [-0.1, -0.05) is 51.3 Å². The van der Waals surface area contributed by atoms with Crippen molar-refractivity contribution in [3.63, 3.8) is 0 Å². The van der Waals surface area contributed by atoms with Crippen LogP contribution in [0.4, 0.5) is 5.69 Å². The van der Waals surface area contributed by atoms with Gasteiger partial charge in [-0.15, -0.1) is 17.7 Å². The van der Waals surface area contributed by atoms with E-state index in [1.54, 1.807) is 17.3 Å². The van der Waals surface area contributed by atoms with Crippen LogP contribution in [0.2, 0.25) is 0 Å². The zero-order chi connectivity index (χ0) is 46.8. The van der Waals surface area contributed by atoms with E-state index in [4.69, 9.17) is 14.2 Å². The molecule has 6 saturated carbocycles. The fourth-order valence-corrected chi connectivity index (χ4v) is 17.4. The summed E-state index contributed by atoms with van der Waals surface area (Å²) < 4.78 is 18.6. The molecule has 8 nitrogen and oxygen atoms in total. The Morgan fingerprint density at radius 3 is 2.50 bits per heavy atom. The Morgan fingerprint density at radius 2 is 1.76 bits per heavy atom. The number of carbonyl (C=O) groups is 2. The number of ketones is 1. The first-order valence-corrected chi connectivity index (χ1v) is 27.4. The number of rotatable bonds is 13. The maximum Gasteiger partial charge on any atom is 0.305 e. The molecule has 0 radical (unpaired) electrons. The molecule has 0 amide bonds. The lowest BCUT2D eigenvalue weighted by Crippen LogP contribution is -2.62. The second kappa shape index (κ2) is 19.0. The van der Waals surface area contributed by atoms with Gasteiger partial charge in [-0.05, 0) is 196 Å². The number of hydrogen-bond donors (Lipinski definition) is 2. The normalized spacial score (nSPS) is 41.8. The van der Waals surface area contributed by atoms with Crippen LogP contribution in [0.3, 0.4) is 0 Å². The van der Waals surface area contributed by atoms with Crippen LogP contribution in [-0.2, 0) is 23.8 Å². The molecule has 2 unspecified atom stereocenters. The maximum atomic E-state index is 12.6. The highest BCUT2D eigenvalue weighted by Crippen LogP contribution is 2.70. The third-order valence-corrected chi connectivity index (χ3v) is 21.0. The molecule has 8 aliphatic rings. The third-order valence-electron chi connectivity index (χ3n) is 20.6. The van der Waals surface area contributed by atoms with E-state index in [9.17, 15) is 19.8 Å². The minimum atomic E-state index is -0.978. The second-order valence-electron chi connectivity index (χ2n) is 23.3. The SMILES string of the molecule is CC#C[C@]1(O)CCC2C3CCC4=CC(=O)CCC4=C3[C@@H](c3ccc(N(C)CCO[C@H]4CC[C@@]5(C)[C@@H](C4)C[C@@H](OCSC)[C@@H]4[C@@H]5C[C@H](O)[C@]5(C)[C@@H]([C@H](C)CCC(=O)OC)CC[C@@H]45)cc3)C[C@@]21C. The van der Waals surface area contributed by atoms with Gasteiger partial charge in [0.1, 0.15) is 5.60 Å². The molecule has 0 saturated heterocycles. The predicted molar refractivity (Wildman–Crippen MR) is 264 cm³/mol. The number of esters is 1. The average molecular weight is 924 g/mol. The average Bonchev–Trinajstić information content (AvgIpc) is 3.80. The quantitative estimate of drug-likeness (QED) is 0.114. The molecule has 6 fully saturated rings. The van der Waals surface area contributed by atoms with Gasteiger partial charge in [0, 0.05) is 43.5 Å². The van der Waals surface area contributed by atoms with Gasteiger partial charge in [0.05, 0.1) is 38.0 Å². The molecule has 0 spiro atoms. The van der Waals surface area contributed by atoms with Gasteiger partial charge in [-0.2, -0.15) is 0 Å². The summed E-state index contributed by atoms with van der Waals surface area (Å²) in [5, 5.41) is 24.4. The smallest absolute Gasteiger partial charge is 0.305 e. The minimum absolute atomic E-state index is 0.141. The fourth-order valence-electron chi connectivity index (χ4n) is 17.0. The van der Waals surface area contributed by atoms with Crippen LogP contribution in [0.5, 0.6) is 0 Å². The number of fused-ring (bicyclic) bond motifs is 9. The van der Waals surface area contributed by atoms with E-state index >= 15 is 0 Å². The third kappa shape index (κ3) is 8.18. The zero-order valence-electron chi connectivity index (χ0n) is 41.5. The standard InChI is InChI=1S/C57H81NO7S/c1-9-24-57(62)26-23-46-43-17-13-37-29-40(59)16-18-42(37)52(43)44(33-55(46,57)4)36-11-14-39(15-12-36)58(6)27-28-64-41-22-25-54(3)38(30-41)31-49(65-34-66-8)53-47-20-19-45(35(2)10-21-51(61)63-7)56(47,5)50(60)32-48(53)54/h11-12,14-15,29,35,38,41,43-50,53,60,62H,10,13,16-23,25-28,30-34H2,1-8H3/t35-,38+,41+,43?,44-,45-,46?,47+,48+,49-,50+,53+,54+,55+,56-,57+/m1/s1. The van der Waals surface area contributed by atoms with Crippen LogP contribution in [0.15, 0.2) is 47.1 Å². The molecule has 16 atom stereocenters. The van der Waals surface area contributed by atoms with E-state index in [-0.39, 0.29) is 52.2 Å². The number of allylic oxidation sites excluding steroid dienone is 4. The number of aliphatic hydroxyl groups excluding tert-OH is 1. The number of benzene rings is 1. The molecule has 0 heterocycles. The summed E-state index contributed by atoms with van der Waals surface area (Å²) in [4.78, 5) is 27.0. The van der Waals surface area contributed by atoms with Crippen LogP contribution in [0, 0.1) is 75.4 Å². The van der Waals surface area contributed by atoms with E-state index in [1.165, 1.54) is 29.5 Å². The van der Waals surface area contributed by atoms with Crippen molar-refractivity contribution < 1.29 is 34.0 Å². The lowest BCUT2D eigenvalue weighted by molar-refractivity contribution is -0.215. The molecule has 362 valence electrons. The number of nitrogens with zero attached hydrogens (tertiary/aromatic N) is 1. The van der Waals surface area contributed by atoms with Gasteiger partial charge in [0.25, 0.3) is 0 Å². The summed E-state index contributed by atoms with van der Waals surface area (Å²) in [5.74, 6) is 10.7. The van der Waals surface area contributed by atoms with Crippen molar-refractivity contribution in [2.75, 3.05) is 44.4 Å². The molecule has 0 aliphatic heterocycles. The molecular weight excluding hydrogens is 843 g/mol. The van der Waals surface area contributed by atoms with Crippen molar-refractivity contribution >= 4 is 29.2 Å². The van der Waals surface area contributed by atoms with Gasteiger partial charge < -0.3 is 29.3 Å². The molecule has 1 aromatic carbocycles. The molecule has 8 aliphatic carbocycles. The van der Waals surface area contributed by atoms with Crippen molar-refractivity contribution in [1.82, 2.24) is 0 Å². The summed E-state index contributed by atoms with van der Waals surface area (Å²) in [5.41, 5.74) is 5.44. The first-order valence-electron chi connectivity index (χ1n) is 26.0. The first-order chi connectivity index (χ1) is 31.6. The van der Waals surface area contributed by atoms with Crippen LogP contribution in [0.25, 0.3) is 0 Å². The van der Waals surface area contributed by atoms with Crippen LogP contribution < -0.4 is 4.90 Å². The molecule has 66 heavy (non-hydrogen) atoms. The lowest BCUT2D eigenvalue weighted by Gasteiger charge is -2.64. The monoisotopic (exact) mass is 924 g/mol. The topological polar surface area (TPSA) is 106 Å². The number of aliphatic hydroxyl groups is 2. The number of thioether (sulfide) groups is 1. The van der Waals surface area contributed by atoms with Gasteiger partial charge in [-0.25, -0.2) is 0 Å². The summed E-state index contributed by atoms with van der Waals surface area (Å²) >= 11 is 1.77. The molecule has 2 N–H and O–H groups in total. The van der Waals surface area contributed by atoms with Crippen molar-refractivity contribution in [2.24, 2.45) is 63.6 Å². The Balaban J connectivity index is 0.856. The van der Waals surface area contributed by atoms with Gasteiger partial charge in [0.2, 0.25) is 0 Å². The Kier molecular flexibility index (Phi) is 13.9. The number of anilines is 1. The summed E-state index contributed by atoms with van der Waals surface area (Å²) in [6.45, 7) is 12.9. The first kappa shape index (κ1) is 48.4. The van der Waals surface area contributed by atoms with E-state index in [0.717, 1.165) is 96.4 Å². The van der Waals surface area contributed by atoms with Crippen molar-refractivity contribution in [2.45, 2.75) is 167 Å². The Labute approximate surface area is 401 Å². The van der Waals surface area contributed by atoms with Crippen LogP contribution in [-0.4, -0.2) is 85.4 Å².